The summed E-state index contributed by atoms with van der Waals surface area (Å²) in [6.07, 6.45) is 2.40. The molecule has 4 aromatic rings. The smallest absolute Gasteiger partial charge is 0.224 e. The maximum absolute atomic E-state index is 12.8. The third-order valence-electron chi connectivity index (χ3n) is 9.10. The van der Waals surface area contributed by atoms with Gasteiger partial charge in [0.25, 0.3) is 0 Å². The minimum absolute atomic E-state index is 0.0465. The summed E-state index contributed by atoms with van der Waals surface area (Å²) < 4.78 is 13.0. The van der Waals surface area contributed by atoms with Crippen molar-refractivity contribution in [2.45, 2.75) is 76.2 Å². The maximum Gasteiger partial charge on any atom is 0.224 e. The second-order valence-electron chi connectivity index (χ2n) is 13.4. The zero-order valence-corrected chi connectivity index (χ0v) is 29.6. The standard InChI is InChI=1S/C41H50N4O7/c1-45(26-37(48)30-10-9-13-33(47)23-30)25-34-24-38(29-20-18-28(27-46)19-21-29)52-41(51-34)31-11-8-12-32(22-31)43-39(49)16-4-2-3-5-17-40(50)44-36-15-7-6-14-35(36)42/h6-15,18-23,34,37-38,41,46-48H,2-5,16-17,24-27,42H2,1H3,(H,43,49)(H,44,50)/t34-,37-,38+,41+/m1/s1. The average molecular weight is 711 g/mol. The van der Waals surface area contributed by atoms with Crippen LogP contribution in [0, 0.1) is 0 Å². The molecule has 52 heavy (non-hydrogen) atoms. The van der Waals surface area contributed by atoms with E-state index in [1.54, 1.807) is 36.4 Å². The van der Waals surface area contributed by atoms with Crippen LogP contribution in [0.5, 0.6) is 5.75 Å². The summed E-state index contributed by atoms with van der Waals surface area (Å²) in [5.41, 5.74) is 10.9. The number of phenolic OH excluding ortho intramolecular Hbond substituents is 1. The summed E-state index contributed by atoms with van der Waals surface area (Å²) in [5.74, 6) is -0.0615. The highest BCUT2D eigenvalue weighted by Crippen LogP contribution is 2.39. The van der Waals surface area contributed by atoms with Crippen LogP contribution in [-0.4, -0.2) is 58.3 Å². The lowest BCUT2D eigenvalue weighted by Crippen LogP contribution is -2.39. The summed E-state index contributed by atoms with van der Waals surface area (Å²) in [5, 5.41) is 36.1. The Hall–Kier alpha value is -4.78. The number of unbranched alkanes of at least 4 members (excludes halogenated alkanes) is 3. The summed E-state index contributed by atoms with van der Waals surface area (Å²) in [6.45, 7) is 0.810. The van der Waals surface area contributed by atoms with Crippen molar-refractivity contribution in [1.29, 1.82) is 0 Å². The second-order valence-corrected chi connectivity index (χ2v) is 13.4. The van der Waals surface area contributed by atoms with Gasteiger partial charge in [-0.1, -0.05) is 73.5 Å². The highest BCUT2D eigenvalue weighted by atomic mass is 16.7. The SMILES string of the molecule is CN(C[C@H]1C[C@@H](c2ccc(CO)cc2)O[C@@H](c2cccc(NC(=O)CCCCCCC(=O)Nc3ccccc3N)c2)O1)C[C@@H](O)c1cccc(O)c1. The number of amides is 2. The van der Waals surface area contributed by atoms with E-state index in [2.05, 4.69) is 10.6 Å². The minimum atomic E-state index is -0.790. The Labute approximate surface area is 305 Å². The largest absolute Gasteiger partial charge is 0.508 e. The number of aromatic hydroxyl groups is 1. The number of phenols is 1. The van der Waals surface area contributed by atoms with Crippen molar-refractivity contribution < 1.29 is 34.4 Å². The van der Waals surface area contributed by atoms with Crippen LogP contribution in [-0.2, 0) is 25.7 Å². The molecule has 0 spiro atoms. The molecule has 276 valence electrons. The third kappa shape index (κ3) is 11.6. The monoisotopic (exact) mass is 710 g/mol. The summed E-state index contributed by atoms with van der Waals surface area (Å²) >= 11 is 0. The van der Waals surface area contributed by atoms with Gasteiger partial charge in [0.1, 0.15) is 5.75 Å². The molecule has 1 aliphatic heterocycles. The highest BCUT2D eigenvalue weighted by Gasteiger charge is 2.33. The Morgan fingerprint density at radius 1 is 0.846 bits per heavy atom. The predicted molar refractivity (Wildman–Crippen MR) is 201 cm³/mol. The Morgan fingerprint density at radius 3 is 2.27 bits per heavy atom. The Bertz CT molecular complexity index is 1750. The molecule has 4 aromatic carbocycles. The molecule has 0 aliphatic carbocycles. The van der Waals surface area contributed by atoms with E-state index in [-0.39, 0.29) is 36.4 Å². The van der Waals surface area contributed by atoms with Gasteiger partial charge in [0, 0.05) is 43.6 Å². The number of aliphatic hydroxyl groups excluding tert-OH is 2. The van der Waals surface area contributed by atoms with Crippen molar-refractivity contribution in [3.05, 3.63) is 119 Å². The first-order valence-electron chi connectivity index (χ1n) is 17.9. The van der Waals surface area contributed by atoms with E-state index >= 15 is 0 Å². The van der Waals surface area contributed by atoms with Crippen molar-refractivity contribution in [2.24, 2.45) is 0 Å². The summed E-state index contributed by atoms with van der Waals surface area (Å²) in [6, 6.07) is 28.9. The molecule has 0 radical (unpaired) electrons. The molecular formula is C41H50N4O7. The Morgan fingerprint density at radius 2 is 1.56 bits per heavy atom. The van der Waals surface area contributed by atoms with E-state index in [1.807, 2.05) is 72.6 Å². The van der Waals surface area contributed by atoms with E-state index in [4.69, 9.17) is 15.2 Å². The number of anilines is 3. The van der Waals surface area contributed by atoms with Crippen LogP contribution in [0.25, 0.3) is 0 Å². The molecule has 1 aliphatic rings. The zero-order chi connectivity index (χ0) is 36.9. The molecule has 1 heterocycles. The van der Waals surface area contributed by atoms with E-state index in [0.29, 0.717) is 61.4 Å². The van der Waals surface area contributed by atoms with Gasteiger partial charge in [-0.25, -0.2) is 0 Å². The van der Waals surface area contributed by atoms with Crippen molar-refractivity contribution in [3.63, 3.8) is 0 Å². The first kappa shape index (κ1) is 38.5. The van der Waals surface area contributed by atoms with Crippen LogP contribution in [0.2, 0.25) is 0 Å². The molecule has 4 atom stereocenters. The van der Waals surface area contributed by atoms with Crippen LogP contribution >= 0.6 is 0 Å². The van der Waals surface area contributed by atoms with Gasteiger partial charge < -0.3 is 46.1 Å². The van der Waals surface area contributed by atoms with Gasteiger partial charge in [-0.3, -0.25) is 9.59 Å². The van der Waals surface area contributed by atoms with Crippen molar-refractivity contribution in [3.8, 4) is 5.75 Å². The number of likely N-dealkylation sites (N-methyl/N-ethyl adjacent to an activating group) is 1. The van der Waals surface area contributed by atoms with Gasteiger partial charge in [-0.2, -0.15) is 0 Å². The highest BCUT2D eigenvalue weighted by molar-refractivity contribution is 5.93. The lowest BCUT2D eigenvalue weighted by Gasteiger charge is -2.38. The van der Waals surface area contributed by atoms with Crippen LogP contribution in [0.15, 0.2) is 97.1 Å². The van der Waals surface area contributed by atoms with Crippen molar-refractivity contribution in [1.82, 2.24) is 4.90 Å². The Balaban J connectivity index is 1.14. The number of nitrogen functional groups attached to an aromatic ring is 1. The van der Waals surface area contributed by atoms with Gasteiger partial charge in [0.2, 0.25) is 11.8 Å². The van der Waals surface area contributed by atoms with E-state index in [0.717, 1.165) is 36.0 Å². The van der Waals surface area contributed by atoms with E-state index in [1.165, 1.54) is 0 Å². The quantitative estimate of drug-likeness (QED) is 0.0523. The summed E-state index contributed by atoms with van der Waals surface area (Å²) in [7, 11) is 1.92. The predicted octanol–water partition coefficient (Wildman–Crippen LogP) is 6.60. The number of nitrogens with one attached hydrogen (secondary N) is 2. The fourth-order valence-corrected chi connectivity index (χ4v) is 6.32. The van der Waals surface area contributed by atoms with Crippen LogP contribution in [0.1, 0.15) is 85.7 Å². The van der Waals surface area contributed by atoms with Crippen LogP contribution in [0.3, 0.4) is 0 Å². The number of aliphatic hydroxyl groups is 2. The number of ether oxygens (including phenoxy) is 2. The topological polar surface area (TPSA) is 167 Å². The number of hydrogen-bond acceptors (Lipinski definition) is 9. The molecule has 0 bridgehead atoms. The average Bonchev–Trinajstić information content (AvgIpc) is 3.14. The van der Waals surface area contributed by atoms with E-state index in [9.17, 15) is 24.9 Å². The molecular weight excluding hydrogens is 660 g/mol. The Kier molecular flexibility index (Phi) is 14.2. The molecule has 11 heteroatoms. The van der Waals surface area contributed by atoms with Gasteiger partial charge in [0.05, 0.1) is 36.3 Å². The molecule has 0 unspecified atom stereocenters. The summed E-state index contributed by atoms with van der Waals surface area (Å²) in [4.78, 5) is 27.1. The van der Waals surface area contributed by atoms with Gasteiger partial charge in [-0.15, -0.1) is 0 Å². The number of rotatable bonds is 17. The zero-order valence-electron chi connectivity index (χ0n) is 29.6. The van der Waals surface area contributed by atoms with Gasteiger partial charge in [-0.05, 0) is 73.0 Å². The number of para-hydroxylation sites is 2. The molecule has 0 saturated carbocycles. The van der Waals surface area contributed by atoms with E-state index < -0.39 is 12.4 Å². The first-order valence-corrected chi connectivity index (χ1v) is 17.9. The lowest BCUT2D eigenvalue weighted by molar-refractivity contribution is -0.252. The molecule has 0 aromatic heterocycles. The molecule has 11 nitrogen and oxygen atoms in total. The second kappa shape index (κ2) is 19.2. The lowest BCUT2D eigenvalue weighted by atomic mass is 9.99. The number of nitrogens with zero attached hydrogens (tertiary/aromatic N) is 1. The van der Waals surface area contributed by atoms with Gasteiger partial charge >= 0.3 is 0 Å². The molecule has 1 saturated heterocycles. The molecule has 1 fully saturated rings. The molecule has 5 rings (SSSR count). The number of carbonyl (C=O) groups excluding carboxylic acids is 2. The number of nitrogens with two attached hydrogens (primary N) is 1. The fourth-order valence-electron chi connectivity index (χ4n) is 6.32. The van der Waals surface area contributed by atoms with Crippen molar-refractivity contribution in [2.75, 3.05) is 36.5 Å². The first-order chi connectivity index (χ1) is 25.2. The normalized spacial score (nSPS) is 17.8. The maximum atomic E-state index is 12.8. The molecule has 7 N–H and O–H groups in total. The fraction of sp³-hybridized carbons (Fsp3) is 0.366. The number of hydrogen-bond donors (Lipinski definition) is 6. The number of carbonyl (C=O) groups is 2. The third-order valence-corrected chi connectivity index (χ3v) is 9.10. The van der Waals surface area contributed by atoms with Crippen molar-refractivity contribution >= 4 is 28.9 Å². The van der Waals surface area contributed by atoms with Crippen LogP contribution in [0.4, 0.5) is 17.1 Å². The van der Waals surface area contributed by atoms with Gasteiger partial charge in [0.15, 0.2) is 6.29 Å². The van der Waals surface area contributed by atoms with Crippen LogP contribution < -0.4 is 16.4 Å². The minimum Gasteiger partial charge on any atom is -0.508 e. The molecule has 2 amide bonds. The number of benzene rings is 4.